The molecule has 2 N–H and O–H groups in total. The third kappa shape index (κ3) is 10.2. The topological polar surface area (TPSA) is 38.5 Å². The normalized spacial score (nSPS) is 11.2. The highest BCUT2D eigenvalue weighted by Crippen LogP contribution is 1.95. The Morgan fingerprint density at radius 1 is 0.933 bits per heavy atom. The molecule has 0 atom stereocenters. The summed E-state index contributed by atoms with van der Waals surface area (Å²) in [6, 6.07) is 0. The maximum Gasteiger partial charge on any atom is 0.0593 e. The number of hydrogen-bond acceptors (Lipinski definition) is 3. The molecular weight excluding hydrogens is 188 g/mol. The lowest BCUT2D eigenvalue weighted by Crippen LogP contribution is -2.33. The van der Waals surface area contributed by atoms with Gasteiger partial charge in [0.05, 0.1) is 6.61 Å². The summed E-state index contributed by atoms with van der Waals surface area (Å²) >= 11 is 0. The van der Waals surface area contributed by atoms with Crippen LogP contribution in [0, 0.1) is 0 Å². The zero-order chi connectivity index (χ0) is 11.4. The van der Waals surface area contributed by atoms with Crippen LogP contribution in [0.25, 0.3) is 0 Å². The van der Waals surface area contributed by atoms with Crippen LogP contribution < -0.4 is 5.73 Å². The Kier molecular flexibility index (Phi) is 11.9. The summed E-state index contributed by atoms with van der Waals surface area (Å²) in [6.07, 6.45) is 4.89. The first-order valence-corrected chi connectivity index (χ1v) is 6.35. The number of rotatable bonds is 11. The smallest absolute Gasteiger partial charge is 0.0593 e. The van der Waals surface area contributed by atoms with Crippen molar-refractivity contribution in [2.24, 2.45) is 5.73 Å². The third-order valence-corrected chi connectivity index (χ3v) is 2.47. The van der Waals surface area contributed by atoms with Gasteiger partial charge in [0.15, 0.2) is 0 Å². The second-order valence-corrected chi connectivity index (χ2v) is 3.95. The van der Waals surface area contributed by atoms with Crippen LogP contribution in [0.4, 0.5) is 0 Å². The highest BCUT2D eigenvalue weighted by atomic mass is 16.5. The van der Waals surface area contributed by atoms with Gasteiger partial charge >= 0.3 is 0 Å². The average Bonchev–Trinajstić information content (AvgIpc) is 2.25. The van der Waals surface area contributed by atoms with E-state index in [2.05, 4.69) is 18.7 Å². The summed E-state index contributed by atoms with van der Waals surface area (Å²) < 4.78 is 5.55. The van der Waals surface area contributed by atoms with Gasteiger partial charge in [0.25, 0.3) is 0 Å². The van der Waals surface area contributed by atoms with Gasteiger partial charge < -0.3 is 10.5 Å². The van der Waals surface area contributed by atoms with Crippen molar-refractivity contribution in [2.75, 3.05) is 39.4 Å². The lowest BCUT2D eigenvalue weighted by molar-refractivity contribution is 0.102. The van der Waals surface area contributed by atoms with Crippen LogP contribution in [-0.4, -0.2) is 44.3 Å². The highest BCUT2D eigenvalue weighted by molar-refractivity contribution is 4.57. The Bertz CT molecular complexity index is 120. The predicted octanol–water partition coefficient (Wildman–Crippen LogP) is 1.86. The molecule has 0 bridgehead atoms. The molecular formula is C12H28N2O. The molecule has 3 heteroatoms. The molecule has 0 unspecified atom stereocenters. The Labute approximate surface area is 95.0 Å². The average molecular weight is 216 g/mol. The first-order valence-electron chi connectivity index (χ1n) is 6.35. The summed E-state index contributed by atoms with van der Waals surface area (Å²) in [7, 11) is 0. The molecule has 0 aromatic carbocycles. The van der Waals surface area contributed by atoms with E-state index in [0.717, 1.165) is 39.4 Å². The van der Waals surface area contributed by atoms with Gasteiger partial charge in [0.1, 0.15) is 0 Å². The van der Waals surface area contributed by atoms with E-state index in [1.807, 2.05) is 0 Å². The summed E-state index contributed by atoms with van der Waals surface area (Å²) in [5, 5.41) is 0. The Morgan fingerprint density at radius 3 is 2.27 bits per heavy atom. The van der Waals surface area contributed by atoms with Gasteiger partial charge in [-0.05, 0) is 19.4 Å². The van der Waals surface area contributed by atoms with Crippen molar-refractivity contribution in [3.05, 3.63) is 0 Å². The fraction of sp³-hybridized carbons (Fsp3) is 1.00. The van der Waals surface area contributed by atoms with Gasteiger partial charge in [-0.2, -0.15) is 0 Å². The maximum absolute atomic E-state index is 5.57. The first kappa shape index (κ1) is 14.9. The molecule has 15 heavy (non-hydrogen) atoms. The largest absolute Gasteiger partial charge is 0.380 e. The second-order valence-electron chi connectivity index (χ2n) is 3.95. The van der Waals surface area contributed by atoms with E-state index in [4.69, 9.17) is 10.5 Å². The van der Waals surface area contributed by atoms with Crippen LogP contribution >= 0.6 is 0 Å². The molecule has 0 aromatic rings. The van der Waals surface area contributed by atoms with Crippen molar-refractivity contribution < 1.29 is 4.74 Å². The van der Waals surface area contributed by atoms with Crippen molar-refractivity contribution in [1.29, 1.82) is 0 Å². The third-order valence-electron chi connectivity index (χ3n) is 2.47. The number of nitrogens with two attached hydrogens (primary N) is 1. The fourth-order valence-electron chi connectivity index (χ4n) is 1.44. The molecule has 0 fully saturated rings. The molecule has 0 aliphatic carbocycles. The van der Waals surface area contributed by atoms with Gasteiger partial charge in [-0.25, -0.2) is 0 Å². The van der Waals surface area contributed by atoms with Crippen LogP contribution in [0.15, 0.2) is 0 Å². The van der Waals surface area contributed by atoms with E-state index in [9.17, 15) is 0 Å². The lowest BCUT2D eigenvalue weighted by atomic mass is 10.3. The van der Waals surface area contributed by atoms with Crippen molar-refractivity contribution in [2.45, 2.75) is 39.5 Å². The van der Waals surface area contributed by atoms with Crippen molar-refractivity contribution in [1.82, 2.24) is 4.90 Å². The standard InChI is InChI=1S/C12H28N2O/c1-3-5-8-14(9-7-13)10-12-15-11-6-4-2/h3-13H2,1-2H3. The van der Waals surface area contributed by atoms with E-state index in [0.29, 0.717) is 0 Å². The van der Waals surface area contributed by atoms with Gasteiger partial charge in [-0.1, -0.05) is 26.7 Å². The van der Waals surface area contributed by atoms with Crippen LogP contribution in [0.5, 0.6) is 0 Å². The molecule has 0 saturated heterocycles. The van der Waals surface area contributed by atoms with Gasteiger partial charge in [-0.3, -0.25) is 4.90 Å². The van der Waals surface area contributed by atoms with Crippen LogP contribution in [0.2, 0.25) is 0 Å². The minimum absolute atomic E-state index is 0.749. The van der Waals surface area contributed by atoms with Crippen LogP contribution in [-0.2, 0) is 4.74 Å². The summed E-state index contributed by atoms with van der Waals surface area (Å²) in [5.74, 6) is 0. The molecule has 0 heterocycles. The Balaban J connectivity index is 3.38. The number of unbranched alkanes of at least 4 members (excludes halogenated alkanes) is 2. The summed E-state index contributed by atoms with van der Waals surface area (Å²) in [6.45, 7) is 10.1. The lowest BCUT2D eigenvalue weighted by Gasteiger charge is -2.21. The minimum Gasteiger partial charge on any atom is -0.380 e. The number of nitrogens with zero attached hydrogens (tertiary/aromatic N) is 1. The van der Waals surface area contributed by atoms with Gasteiger partial charge in [-0.15, -0.1) is 0 Å². The Hall–Kier alpha value is -0.120. The van der Waals surface area contributed by atoms with E-state index >= 15 is 0 Å². The zero-order valence-electron chi connectivity index (χ0n) is 10.5. The molecule has 0 aliphatic rings. The van der Waals surface area contributed by atoms with Crippen molar-refractivity contribution >= 4 is 0 Å². The molecule has 0 aromatic heterocycles. The highest BCUT2D eigenvalue weighted by Gasteiger charge is 2.02. The van der Waals surface area contributed by atoms with Gasteiger partial charge in [0, 0.05) is 26.2 Å². The molecule has 0 amide bonds. The van der Waals surface area contributed by atoms with Crippen LogP contribution in [0.3, 0.4) is 0 Å². The monoisotopic (exact) mass is 216 g/mol. The van der Waals surface area contributed by atoms with Gasteiger partial charge in [0.2, 0.25) is 0 Å². The summed E-state index contributed by atoms with van der Waals surface area (Å²) in [5.41, 5.74) is 5.57. The first-order chi connectivity index (χ1) is 7.35. The van der Waals surface area contributed by atoms with E-state index < -0.39 is 0 Å². The molecule has 0 saturated carbocycles. The molecule has 0 aliphatic heterocycles. The minimum atomic E-state index is 0.749. The van der Waals surface area contributed by atoms with Crippen molar-refractivity contribution in [3.8, 4) is 0 Å². The van der Waals surface area contributed by atoms with Crippen LogP contribution in [0.1, 0.15) is 39.5 Å². The molecule has 0 rings (SSSR count). The Morgan fingerprint density at radius 2 is 1.67 bits per heavy atom. The molecule has 0 radical (unpaired) electrons. The van der Waals surface area contributed by atoms with Crippen molar-refractivity contribution in [3.63, 3.8) is 0 Å². The van der Waals surface area contributed by atoms with E-state index in [1.54, 1.807) is 0 Å². The SMILES string of the molecule is CCCCOCCN(CCN)CCCC. The fourth-order valence-corrected chi connectivity index (χ4v) is 1.44. The van der Waals surface area contributed by atoms with E-state index in [-0.39, 0.29) is 0 Å². The quantitative estimate of drug-likeness (QED) is 0.536. The number of ether oxygens (including phenoxy) is 1. The van der Waals surface area contributed by atoms with E-state index in [1.165, 1.54) is 25.7 Å². The number of hydrogen-bond donors (Lipinski definition) is 1. The zero-order valence-corrected chi connectivity index (χ0v) is 10.5. The maximum atomic E-state index is 5.57. The molecule has 0 spiro atoms. The molecule has 3 nitrogen and oxygen atoms in total. The predicted molar refractivity (Wildman–Crippen MR) is 66.1 cm³/mol. The molecule has 92 valence electrons. The summed E-state index contributed by atoms with van der Waals surface area (Å²) in [4.78, 5) is 2.40. The second kappa shape index (κ2) is 12.0.